The van der Waals surface area contributed by atoms with Gasteiger partial charge in [0.05, 0.1) is 5.69 Å². The maximum atomic E-state index is 12.2. The first-order valence-corrected chi connectivity index (χ1v) is 6.58. The number of halogens is 6. The highest BCUT2D eigenvalue weighted by Gasteiger charge is 2.32. The van der Waals surface area contributed by atoms with Gasteiger partial charge in [-0.2, -0.15) is 4.80 Å². The molecule has 0 aliphatic carbocycles. The molecule has 0 bridgehead atoms. The molecule has 0 amide bonds. The van der Waals surface area contributed by atoms with E-state index in [0.29, 0.717) is 5.69 Å². The minimum atomic E-state index is -4.84. The zero-order valence-electron chi connectivity index (χ0n) is 12.0. The number of hydrogen-bond donors (Lipinski definition) is 0. The minimum Gasteiger partial charge on any atom is -0.406 e. The normalized spacial score (nSPS) is 12.4. The van der Waals surface area contributed by atoms with Crippen molar-refractivity contribution >= 4 is 11.0 Å². The number of rotatable bonds is 3. The van der Waals surface area contributed by atoms with Crippen molar-refractivity contribution in [1.82, 2.24) is 15.0 Å². The van der Waals surface area contributed by atoms with E-state index in [9.17, 15) is 26.3 Å². The summed E-state index contributed by atoms with van der Waals surface area (Å²) in [7, 11) is 0. The SMILES string of the molecule is FC(F)(F)Oc1ccc(-n2nc3ccc(OC(F)(F)F)cc3n2)cc1. The summed E-state index contributed by atoms with van der Waals surface area (Å²) in [6, 6.07) is 8.08. The third-order valence-electron chi connectivity index (χ3n) is 2.89. The summed E-state index contributed by atoms with van der Waals surface area (Å²) in [5.41, 5.74) is 0.700. The summed E-state index contributed by atoms with van der Waals surface area (Å²) in [6.07, 6.45) is -9.65. The van der Waals surface area contributed by atoms with Gasteiger partial charge in [-0.3, -0.25) is 0 Å². The Kier molecular flexibility index (Phi) is 3.93. The maximum Gasteiger partial charge on any atom is 0.573 e. The molecule has 0 spiro atoms. The van der Waals surface area contributed by atoms with Crippen molar-refractivity contribution in [3.05, 3.63) is 42.5 Å². The lowest BCUT2D eigenvalue weighted by atomic mass is 10.3. The van der Waals surface area contributed by atoms with E-state index in [2.05, 4.69) is 19.7 Å². The first-order valence-electron chi connectivity index (χ1n) is 6.58. The lowest BCUT2D eigenvalue weighted by molar-refractivity contribution is -0.275. The van der Waals surface area contributed by atoms with E-state index in [-0.39, 0.29) is 11.0 Å². The summed E-state index contributed by atoms with van der Waals surface area (Å²) in [5, 5.41) is 8.00. The molecule has 132 valence electrons. The fraction of sp³-hybridized carbons (Fsp3) is 0.143. The van der Waals surface area contributed by atoms with E-state index in [1.54, 1.807) is 0 Å². The Bertz CT molecular complexity index is 886. The van der Waals surface area contributed by atoms with E-state index in [0.717, 1.165) is 29.1 Å². The van der Waals surface area contributed by atoms with Gasteiger partial charge in [0.1, 0.15) is 22.5 Å². The molecule has 0 radical (unpaired) electrons. The van der Waals surface area contributed by atoms with Crippen LogP contribution < -0.4 is 9.47 Å². The van der Waals surface area contributed by atoms with Gasteiger partial charge in [-0.1, -0.05) is 0 Å². The average Bonchev–Trinajstić information content (AvgIpc) is 2.87. The smallest absolute Gasteiger partial charge is 0.406 e. The molecular weight excluding hydrogens is 356 g/mol. The zero-order chi connectivity index (χ0) is 18.2. The van der Waals surface area contributed by atoms with E-state index < -0.39 is 24.2 Å². The lowest BCUT2D eigenvalue weighted by Gasteiger charge is -2.08. The predicted molar refractivity (Wildman–Crippen MR) is 72.2 cm³/mol. The summed E-state index contributed by atoms with van der Waals surface area (Å²) in [5.74, 6) is -0.880. The molecule has 0 aliphatic heterocycles. The van der Waals surface area contributed by atoms with Crippen molar-refractivity contribution in [3.8, 4) is 17.2 Å². The maximum absolute atomic E-state index is 12.2. The van der Waals surface area contributed by atoms with Crippen molar-refractivity contribution in [1.29, 1.82) is 0 Å². The molecule has 11 heteroatoms. The fourth-order valence-electron chi connectivity index (χ4n) is 1.99. The lowest BCUT2D eigenvalue weighted by Crippen LogP contribution is -2.17. The zero-order valence-corrected chi connectivity index (χ0v) is 12.0. The Balaban J connectivity index is 1.86. The first-order chi connectivity index (χ1) is 11.6. The highest BCUT2D eigenvalue weighted by molar-refractivity contribution is 5.75. The molecule has 0 atom stereocenters. The Morgan fingerprint density at radius 3 is 1.80 bits per heavy atom. The standard InChI is InChI=1S/C14H7F6N3O2/c15-13(16,17)24-9-3-1-8(2-4-9)23-21-11-6-5-10(7-12(11)22-23)25-14(18,19)20/h1-7H. The Morgan fingerprint density at radius 2 is 1.20 bits per heavy atom. The topological polar surface area (TPSA) is 49.2 Å². The van der Waals surface area contributed by atoms with Crippen molar-refractivity contribution in [2.75, 3.05) is 0 Å². The molecule has 2 aromatic carbocycles. The largest absolute Gasteiger partial charge is 0.573 e. The molecule has 0 saturated carbocycles. The molecule has 1 aromatic heterocycles. The molecule has 0 N–H and O–H groups in total. The average molecular weight is 363 g/mol. The summed E-state index contributed by atoms with van der Waals surface area (Å²) < 4.78 is 80.5. The summed E-state index contributed by atoms with van der Waals surface area (Å²) >= 11 is 0. The second-order valence-electron chi connectivity index (χ2n) is 4.73. The van der Waals surface area contributed by atoms with Gasteiger partial charge >= 0.3 is 12.7 Å². The molecule has 3 aromatic rings. The molecular formula is C14H7F6N3O2. The van der Waals surface area contributed by atoms with Crippen LogP contribution >= 0.6 is 0 Å². The van der Waals surface area contributed by atoms with Gasteiger partial charge in [0.2, 0.25) is 0 Å². The predicted octanol–water partition coefficient (Wildman–Crippen LogP) is 4.22. The fourth-order valence-corrected chi connectivity index (χ4v) is 1.99. The number of fused-ring (bicyclic) bond motifs is 1. The third-order valence-corrected chi connectivity index (χ3v) is 2.89. The van der Waals surface area contributed by atoms with Crippen molar-refractivity contribution in [2.45, 2.75) is 12.7 Å². The van der Waals surface area contributed by atoms with Crippen molar-refractivity contribution < 1.29 is 35.8 Å². The van der Waals surface area contributed by atoms with Crippen LogP contribution in [0.1, 0.15) is 0 Å². The van der Waals surface area contributed by atoms with Gasteiger partial charge < -0.3 is 9.47 Å². The monoisotopic (exact) mass is 363 g/mol. The van der Waals surface area contributed by atoms with E-state index in [4.69, 9.17) is 0 Å². The molecule has 1 heterocycles. The van der Waals surface area contributed by atoms with Crippen LogP contribution in [0.3, 0.4) is 0 Å². The highest BCUT2D eigenvalue weighted by Crippen LogP contribution is 2.26. The Morgan fingerprint density at radius 1 is 0.680 bits per heavy atom. The molecule has 0 fully saturated rings. The number of benzene rings is 2. The number of hydrogen-bond acceptors (Lipinski definition) is 4. The van der Waals surface area contributed by atoms with Crippen LogP contribution in [0.5, 0.6) is 11.5 Å². The second-order valence-corrected chi connectivity index (χ2v) is 4.73. The van der Waals surface area contributed by atoms with Crippen LogP contribution in [0.2, 0.25) is 0 Å². The number of nitrogens with zero attached hydrogens (tertiary/aromatic N) is 3. The van der Waals surface area contributed by atoms with Gasteiger partial charge in [-0.05, 0) is 36.4 Å². The van der Waals surface area contributed by atoms with Crippen molar-refractivity contribution in [2.24, 2.45) is 0 Å². The molecule has 0 unspecified atom stereocenters. The van der Waals surface area contributed by atoms with Crippen LogP contribution in [0, 0.1) is 0 Å². The molecule has 25 heavy (non-hydrogen) atoms. The Hall–Kier alpha value is -2.98. The highest BCUT2D eigenvalue weighted by atomic mass is 19.4. The quantitative estimate of drug-likeness (QED) is 0.654. The number of alkyl halides is 6. The van der Waals surface area contributed by atoms with Crippen LogP contribution in [-0.4, -0.2) is 27.7 Å². The molecule has 0 saturated heterocycles. The summed E-state index contributed by atoms with van der Waals surface area (Å²) in [6.45, 7) is 0. The van der Waals surface area contributed by atoms with Crippen LogP contribution in [0.15, 0.2) is 42.5 Å². The van der Waals surface area contributed by atoms with Crippen LogP contribution in [0.4, 0.5) is 26.3 Å². The van der Waals surface area contributed by atoms with E-state index >= 15 is 0 Å². The van der Waals surface area contributed by atoms with Crippen molar-refractivity contribution in [3.63, 3.8) is 0 Å². The Labute approximate surface area is 135 Å². The first kappa shape index (κ1) is 16.9. The van der Waals surface area contributed by atoms with Gasteiger partial charge in [0, 0.05) is 6.07 Å². The van der Waals surface area contributed by atoms with Gasteiger partial charge in [-0.15, -0.1) is 36.5 Å². The molecule has 3 rings (SSSR count). The molecule has 0 aliphatic rings. The van der Waals surface area contributed by atoms with Crippen LogP contribution in [-0.2, 0) is 0 Å². The number of aromatic nitrogens is 3. The van der Waals surface area contributed by atoms with E-state index in [1.807, 2.05) is 0 Å². The second kappa shape index (κ2) is 5.83. The van der Waals surface area contributed by atoms with Gasteiger partial charge in [0.15, 0.2) is 0 Å². The van der Waals surface area contributed by atoms with Gasteiger partial charge in [0.25, 0.3) is 0 Å². The molecule has 5 nitrogen and oxygen atoms in total. The number of ether oxygens (including phenoxy) is 2. The van der Waals surface area contributed by atoms with E-state index in [1.165, 1.54) is 18.2 Å². The third kappa shape index (κ3) is 4.31. The minimum absolute atomic E-state index is 0.123. The summed E-state index contributed by atoms with van der Waals surface area (Å²) in [4.78, 5) is 1.07. The van der Waals surface area contributed by atoms with Gasteiger partial charge in [-0.25, -0.2) is 0 Å². The van der Waals surface area contributed by atoms with Crippen LogP contribution in [0.25, 0.3) is 16.7 Å².